The van der Waals surface area contributed by atoms with Gasteiger partial charge in [-0.05, 0) is 46.8 Å². The summed E-state index contributed by atoms with van der Waals surface area (Å²) >= 11 is 0. The average molecular weight is 298 g/mol. The summed E-state index contributed by atoms with van der Waals surface area (Å²) < 4.78 is 3.97. The minimum atomic E-state index is -0.786. The van der Waals surface area contributed by atoms with E-state index in [2.05, 4.69) is 26.7 Å². The fourth-order valence-corrected chi connectivity index (χ4v) is 2.89. The Balaban J connectivity index is 2.12. The van der Waals surface area contributed by atoms with E-state index >= 15 is 0 Å². The third-order valence-electron chi connectivity index (χ3n) is 3.90. The van der Waals surface area contributed by atoms with Crippen molar-refractivity contribution < 1.29 is 5.11 Å². The first-order valence-corrected chi connectivity index (χ1v) is 7.47. The molecule has 0 saturated carbocycles. The zero-order valence-corrected chi connectivity index (χ0v) is 13.8. The van der Waals surface area contributed by atoms with E-state index in [0.717, 1.165) is 33.9 Å². The lowest BCUT2D eigenvalue weighted by Crippen LogP contribution is -2.27. The molecule has 5 nitrogen and oxygen atoms in total. The van der Waals surface area contributed by atoms with E-state index in [1.165, 1.54) is 0 Å². The van der Waals surface area contributed by atoms with Gasteiger partial charge in [0.05, 0.1) is 17.8 Å². The highest BCUT2D eigenvalue weighted by Gasteiger charge is 2.19. The lowest BCUT2D eigenvalue weighted by molar-refractivity contribution is 0.0570. The molecule has 3 rings (SSSR count). The van der Waals surface area contributed by atoms with Crippen molar-refractivity contribution in [2.24, 2.45) is 0 Å². The third-order valence-corrected chi connectivity index (χ3v) is 3.90. The monoisotopic (exact) mass is 298 g/mol. The van der Waals surface area contributed by atoms with Crippen LogP contribution < -0.4 is 0 Å². The normalized spacial score (nSPS) is 12.3. The SMILES string of the molecule is Cc1nn(CC(C)(C)O)c(C)c1-c1ccc2ncc(C)n2c1. The van der Waals surface area contributed by atoms with E-state index in [0.29, 0.717) is 6.54 Å². The van der Waals surface area contributed by atoms with Crippen LogP contribution in [0.4, 0.5) is 0 Å². The van der Waals surface area contributed by atoms with E-state index < -0.39 is 5.60 Å². The van der Waals surface area contributed by atoms with E-state index in [4.69, 9.17) is 0 Å². The van der Waals surface area contributed by atoms with Gasteiger partial charge < -0.3 is 9.51 Å². The number of aryl methyl sites for hydroxylation is 2. The first-order chi connectivity index (χ1) is 10.3. The van der Waals surface area contributed by atoms with Gasteiger partial charge in [-0.15, -0.1) is 0 Å². The minimum Gasteiger partial charge on any atom is -0.389 e. The quantitative estimate of drug-likeness (QED) is 0.809. The topological polar surface area (TPSA) is 55.3 Å². The number of imidazole rings is 1. The summed E-state index contributed by atoms with van der Waals surface area (Å²) in [7, 11) is 0. The molecule has 0 saturated heterocycles. The zero-order chi connectivity index (χ0) is 16.1. The maximum absolute atomic E-state index is 10.0. The Morgan fingerprint density at radius 1 is 1.18 bits per heavy atom. The van der Waals surface area contributed by atoms with Crippen LogP contribution in [0.1, 0.15) is 30.9 Å². The molecule has 0 bridgehead atoms. The van der Waals surface area contributed by atoms with E-state index in [1.807, 2.05) is 37.7 Å². The maximum atomic E-state index is 10.0. The lowest BCUT2D eigenvalue weighted by Gasteiger charge is -2.18. The number of hydrogen-bond donors (Lipinski definition) is 1. The molecule has 0 aromatic carbocycles. The van der Waals surface area contributed by atoms with Crippen molar-refractivity contribution in [2.75, 3.05) is 0 Å². The van der Waals surface area contributed by atoms with Crippen molar-refractivity contribution in [3.63, 3.8) is 0 Å². The average Bonchev–Trinajstić information content (AvgIpc) is 2.90. The largest absolute Gasteiger partial charge is 0.389 e. The van der Waals surface area contributed by atoms with Crippen LogP contribution in [0.25, 0.3) is 16.8 Å². The van der Waals surface area contributed by atoms with Gasteiger partial charge in [0.2, 0.25) is 0 Å². The molecule has 0 fully saturated rings. The van der Waals surface area contributed by atoms with Crippen molar-refractivity contribution in [2.45, 2.75) is 46.8 Å². The fourth-order valence-electron chi connectivity index (χ4n) is 2.89. The molecule has 0 aliphatic heterocycles. The van der Waals surface area contributed by atoms with Gasteiger partial charge in [-0.1, -0.05) is 0 Å². The maximum Gasteiger partial charge on any atom is 0.136 e. The van der Waals surface area contributed by atoms with Crippen molar-refractivity contribution in [3.05, 3.63) is 41.6 Å². The smallest absolute Gasteiger partial charge is 0.136 e. The summed E-state index contributed by atoms with van der Waals surface area (Å²) in [5, 5.41) is 14.6. The molecule has 0 aliphatic rings. The summed E-state index contributed by atoms with van der Waals surface area (Å²) in [4.78, 5) is 4.36. The molecule has 3 aromatic heterocycles. The van der Waals surface area contributed by atoms with Gasteiger partial charge in [0.1, 0.15) is 5.65 Å². The number of pyridine rings is 1. The van der Waals surface area contributed by atoms with Crippen LogP contribution in [-0.4, -0.2) is 29.9 Å². The first kappa shape index (κ1) is 14.8. The summed E-state index contributed by atoms with van der Waals surface area (Å²) in [6, 6.07) is 4.10. The first-order valence-electron chi connectivity index (χ1n) is 7.47. The molecule has 3 aromatic rings. The van der Waals surface area contributed by atoms with Crippen molar-refractivity contribution in [1.82, 2.24) is 19.2 Å². The highest BCUT2D eigenvalue weighted by atomic mass is 16.3. The predicted octanol–water partition coefficient (Wildman–Crippen LogP) is 2.89. The van der Waals surface area contributed by atoms with E-state index in [1.54, 1.807) is 13.8 Å². The predicted molar refractivity (Wildman–Crippen MR) is 86.9 cm³/mol. The molecule has 0 atom stereocenters. The van der Waals surface area contributed by atoms with Crippen LogP contribution in [-0.2, 0) is 6.54 Å². The van der Waals surface area contributed by atoms with Gasteiger partial charge in [0, 0.05) is 34.9 Å². The van der Waals surface area contributed by atoms with Crippen LogP contribution in [0.5, 0.6) is 0 Å². The van der Waals surface area contributed by atoms with Crippen molar-refractivity contribution in [1.29, 1.82) is 0 Å². The summed E-state index contributed by atoms with van der Waals surface area (Å²) in [6.45, 7) is 10.2. The van der Waals surface area contributed by atoms with Crippen LogP contribution >= 0.6 is 0 Å². The number of aliphatic hydroxyl groups is 1. The molecule has 0 amide bonds. The third kappa shape index (κ3) is 2.52. The Kier molecular flexibility index (Phi) is 3.33. The fraction of sp³-hybridized carbons (Fsp3) is 0.412. The summed E-state index contributed by atoms with van der Waals surface area (Å²) in [5.41, 5.74) is 5.54. The summed E-state index contributed by atoms with van der Waals surface area (Å²) in [5.74, 6) is 0. The number of fused-ring (bicyclic) bond motifs is 1. The Morgan fingerprint density at radius 2 is 1.91 bits per heavy atom. The van der Waals surface area contributed by atoms with Crippen molar-refractivity contribution >= 4 is 5.65 Å². The van der Waals surface area contributed by atoms with Gasteiger partial charge in [0.25, 0.3) is 0 Å². The summed E-state index contributed by atoms with van der Waals surface area (Å²) in [6.07, 6.45) is 3.97. The number of rotatable bonds is 3. The second kappa shape index (κ2) is 4.95. The molecule has 5 heteroatoms. The second-order valence-corrected chi connectivity index (χ2v) is 6.56. The molecule has 22 heavy (non-hydrogen) atoms. The van der Waals surface area contributed by atoms with Gasteiger partial charge in [0.15, 0.2) is 0 Å². The molecule has 116 valence electrons. The number of aromatic nitrogens is 4. The van der Waals surface area contributed by atoms with Crippen LogP contribution in [0.2, 0.25) is 0 Å². The second-order valence-electron chi connectivity index (χ2n) is 6.56. The Hall–Kier alpha value is -2.14. The molecular formula is C17H22N4O. The lowest BCUT2D eigenvalue weighted by atomic mass is 10.1. The molecule has 3 heterocycles. The Morgan fingerprint density at radius 3 is 2.59 bits per heavy atom. The molecule has 0 radical (unpaired) electrons. The highest BCUT2D eigenvalue weighted by molar-refractivity contribution is 5.69. The van der Waals surface area contributed by atoms with Crippen molar-refractivity contribution in [3.8, 4) is 11.1 Å². The van der Waals surface area contributed by atoms with E-state index in [9.17, 15) is 5.11 Å². The number of hydrogen-bond acceptors (Lipinski definition) is 3. The van der Waals surface area contributed by atoms with Crippen LogP contribution in [0.3, 0.4) is 0 Å². The van der Waals surface area contributed by atoms with Gasteiger partial charge in [-0.2, -0.15) is 5.10 Å². The molecule has 0 aliphatic carbocycles. The van der Waals surface area contributed by atoms with E-state index in [-0.39, 0.29) is 0 Å². The molecular weight excluding hydrogens is 276 g/mol. The van der Waals surface area contributed by atoms with Crippen LogP contribution in [0, 0.1) is 20.8 Å². The zero-order valence-electron chi connectivity index (χ0n) is 13.8. The standard InChI is InChI=1S/C17H22N4O/c1-11-8-18-15-7-6-14(9-20(11)15)16-12(2)19-21(13(16)3)10-17(4,5)22/h6-9,22H,10H2,1-5H3. The highest BCUT2D eigenvalue weighted by Crippen LogP contribution is 2.28. The minimum absolute atomic E-state index is 0.478. The van der Waals surface area contributed by atoms with Gasteiger partial charge in [-0.3, -0.25) is 4.68 Å². The van der Waals surface area contributed by atoms with Gasteiger partial charge >= 0.3 is 0 Å². The Labute approximate surface area is 130 Å². The molecule has 1 N–H and O–H groups in total. The van der Waals surface area contributed by atoms with Crippen LogP contribution in [0.15, 0.2) is 24.5 Å². The van der Waals surface area contributed by atoms with Gasteiger partial charge in [-0.25, -0.2) is 4.98 Å². The molecule has 0 spiro atoms. The number of nitrogens with zero attached hydrogens (tertiary/aromatic N) is 4. The molecule has 0 unspecified atom stereocenters. The Bertz CT molecular complexity index is 836.